The summed E-state index contributed by atoms with van der Waals surface area (Å²) < 4.78 is 4.79. The van der Waals surface area contributed by atoms with Crippen molar-refractivity contribution in [3.63, 3.8) is 0 Å². The second-order valence-corrected chi connectivity index (χ2v) is 3.72. The van der Waals surface area contributed by atoms with Gasteiger partial charge in [-0.15, -0.1) is 0 Å². The van der Waals surface area contributed by atoms with Crippen LogP contribution in [0.2, 0.25) is 0 Å². The van der Waals surface area contributed by atoms with Gasteiger partial charge in [0.25, 0.3) is 0 Å². The van der Waals surface area contributed by atoms with E-state index in [4.69, 9.17) is 4.74 Å². The molecule has 0 radical (unpaired) electrons. The molecule has 3 heteroatoms. The van der Waals surface area contributed by atoms with E-state index in [1.807, 2.05) is 30.3 Å². The average molecular weight is 221 g/mol. The Morgan fingerprint density at radius 1 is 1.25 bits per heavy atom. The SMILES string of the molecule is C1CCNC1.CC(=O)OCc1ccccc1. The molecule has 1 aliphatic heterocycles. The van der Waals surface area contributed by atoms with E-state index in [9.17, 15) is 4.79 Å². The quantitative estimate of drug-likeness (QED) is 0.777. The van der Waals surface area contributed by atoms with E-state index in [1.165, 1.54) is 32.9 Å². The van der Waals surface area contributed by atoms with Gasteiger partial charge >= 0.3 is 5.97 Å². The maximum Gasteiger partial charge on any atom is 0.302 e. The second-order valence-electron chi connectivity index (χ2n) is 3.72. The van der Waals surface area contributed by atoms with Gasteiger partial charge < -0.3 is 10.1 Å². The molecule has 88 valence electrons. The fourth-order valence-corrected chi connectivity index (χ4v) is 1.38. The van der Waals surface area contributed by atoms with Gasteiger partial charge in [-0.05, 0) is 31.5 Å². The van der Waals surface area contributed by atoms with Crippen molar-refractivity contribution in [1.82, 2.24) is 5.32 Å². The summed E-state index contributed by atoms with van der Waals surface area (Å²) in [6, 6.07) is 9.60. The first-order valence-electron chi connectivity index (χ1n) is 5.67. The van der Waals surface area contributed by atoms with Crippen molar-refractivity contribution in [3.05, 3.63) is 35.9 Å². The normalized spacial score (nSPS) is 13.8. The Morgan fingerprint density at radius 3 is 2.31 bits per heavy atom. The number of carbonyl (C=O) groups is 1. The summed E-state index contributed by atoms with van der Waals surface area (Å²) in [5.41, 5.74) is 1.02. The van der Waals surface area contributed by atoms with Crippen molar-refractivity contribution in [2.24, 2.45) is 0 Å². The smallest absolute Gasteiger partial charge is 0.302 e. The number of ether oxygens (including phenoxy) is 1. The lowest BCUT2D eigenvalue weighted by molar-refractivity contribution is -0.142. The minimum atomic E-state index is -0.242. The predicted molar refractivity (Wildman–Crippen MR) is 64.0 cm³/mol. The van der Waals surface area contributed by atoms with E-state index in [1.54, 1.807) is 0 Å². The predicted octanol–water partition coefficient (Wildman–Crippen LogP) is 2.12. The lowest BCUT2D eigenvalue weighted by Gasteiger charge is -1.99. The zero-order valence-corrected chi connectivity index (χ0v) is 9.74. The van der Waals surface area contributed by atoms with Crippen LogP contribution >= 0.6 is 0 Å². The van der Waals surface area contributed by atoms with Crippen molar-refractivity contribution >= 4 is 5.97 Å². The lowest BCUT2D eigenvalue weighted by atomic mass is 10.2. The van der Waals surface area contributed by atoms with E-state index >= 15 is 0 Å². The third kappa shape index (κ3) is 6.19. The van der Waals surface area contributed by atoms with Gasteiger partial charge in [0.15, 0.2) is 0 Å². The Hall–Kier alpha value is -1.35. The largest absolute Gasteiger partial charge is 0.461 e. The van der Waals surface area contributed by atoms with Gasteiger partial charge in [-0.2, -0.15) is 0 Å². The topological polar surface area (TPSA) is 38.3 Å². The molecule has 1 aliphatic rings. The van der Waals surface area contributed by atoms with Crippen LogP contribution in [0.3, 0.4) is 0 Å². The molecule has 1 fully saturated rings. The van der Waals surface area contributed by atoms with E-state index in [-0.39, 0.29) is 5.97 Å². The number of hydrogen-bond donors (Lipinski definition) is 1. The molecule has 1 aromatic carbocycles. The van der Waals surface area contributed by atoms with Crippen LogP contribution in [0.1, 0.15) is 25.3 Å². The molecule has 0 bridgehead atoms. The van der Waals surface area contributed by atoms with Crippen molar-refractivity contribution < 1.29 is 9.53 Å². The monoisotopic (exact) mass is 221 g/mol. The first-order valence-corrected chi connectivity index (χ1v) is 5.67. The van der Waals surface area contributed by atoms with Crippen LogP contribution in [0, 0.1) is 0 Å². The molecular formula is C13H19NO2. The van der Waals surface area contributed by atoms with E-state index in [0.717, 1.165) is 5.56 Å². The maximum absolute atomic E-state index is 10.4. The highest BCUT2D eigenvalue weighted by molar-refractivity contribution is 5.65. The lowest BCUT2D eigenvalue weighted by Crippen LogP contribution is -2.03. The van der Waals surface area contributed by atoms with Gasteiger partial charge in [0.2, 0.25) is 0 Å². The fraction of sp³-hybridized carbons (Fsp3) is 0.462. The summed E-state index contributed by atoms with van der Waals surface area (Å²) in [7, 11) is 0. The highest BCUT2D eigenvalue weighted by Gasteiger charge is 1.93. The maximum atomic E-state index is 10.4. The molecule has 0 atom stereocenters. The van der Waals surface area contributed by atoms with Crippen molar-refractivity contribution in [1.29, 1.82) is 0 Å². The molecule has 16 heavy (non-hydrogen) atoms. The number of carbonyl (C=O) groups excluding carboxylic acids is 1. The highest BCUT2D eigenvalue weighted by atomic mass is 16.5. The molecule has 0 amide bonds. The number of benzene rings is 1. The second kappa shape index (κ2) is 7.88. The van der Waals surface area contributed by atoms with Gasteiger partial charge in [-0.25, -0.2) is 0 Å². The molecular weight excluding hydrogens is 202 g/mol. The first-order chi connectivity index (χ1) is 7.79. The zero-order valence-electron chi connectivity index (χ0n) is 9.74. The Bertz CT molecular complexity index is 286. The minimum absolute atomic E-state index is 0.242. The molecule has 3 nitrogen and oxygen atoms in total. The van der Waals surface area contributed by atoms with Crippen molar-refractivity contribution in [2.75, 3.05) is 13.1 Å². The molecule has 2 rings (SSSR count). The van der Waals surface area contributed by atoms with Gasteiger partial charge in [0.05, 0.1) is 0 Å². The molecule has 1 heterocycles. The molecule has 1 N–H and O–H groups in total. The molecule has 0 saturated carbocycles. The molecule has 0 unspecified atom stereocenters. The molecule has 0 aromatic heterocycles. The van der Waals surface area contributed by atoms with Gasteiger partial charge in [0, 0.05) is 6.92 Å². The van der Waals surface area contributed by atoms with Crippen LogP contribution in [0.25, 0.3) is 0 Å². The third-order valence-electron chi connectivity index (χ3n) is 2.24. The molecule has 1 saturated heterocycles. The Balaban J connectivity index is 0.000000212. The summed E-state index contributed by atoms with van der Waals surface area (Å²) in [5, 5.41) is 3.22. The first kappa shape index (κ1) is 12.7. The number of esters is 1. The molecule has 0 spiro atoms. The Kier molecular flexibility index (Phi) is 6.26. The number of hydrogen-bond acceptors (Lipinski definition) is 3. The summed E-state index contributed by atoms with van der Waals surface area (Å²) in [5.74, 6) is -0.242. The zero-order chi connectivity index (χ0) is 11.6. The summed E-state index contributed by atoms with van der Waals surface area (Å²) >= 11 is 0. The van der Waals surface area contributed by atoms with E-state index in [2.05, 4.69) is 5.32 Å². The number of rotatable bonds is 2. The van der Waals surface area contributed by atoms with Crippen molar-refractivity contribution in [2.45, 2.75) is 26.4 Å². The summed E-state index contributed by atoms with van der Waals surface area (Å²) in [6.07, 6.45) is 2.78. The third-order valence-corrected chi connectivity index (χ3v) is 2.24. The Morgan fingerprint density at radius 2 is 1.88 bits per heavy atom. The van der Waals surface area contributed by atoms with Gasteiger partial charge in [0.1, 0.15) is 6.61 Å². The van der Waals surface area contributed by atoms with Gasteiger partial charge in [-0.1, -0.05) is 30.3 Å². The van der Waals surface area contributed by atoms with Crippen molar-refractivity contribution in [3.8, 4) is 0 Å². The van der Waals surface area contributed by atoms with Gasteiger partial charge in [-0.3, -0.25) is 4.79 Å². The molecule has 1 aromatic rings. The van der Waals surface area contributed by atoms with Crippen LogP contribution in [0.4, 0.5) is 0 Å². The average Bonchev–Trinajstić information content (AvgIpc) is 2.86. The van der Waals surface area contributed by atoms with Crippen LogP contribution in [-0.2, 0) is 16.1 Å². The Labute approximate surface area is 96.8 Å². The molecule has 0 aliphatic carbocycles. The highest BCUT2D eigenvalue weighted by Crippen LogP contribution is 1.99. The van der Waals surface area contributed by atoms with Crippen LogP contribution in [0.15, 0.2) is 30.3 Å². The van der Waals surface area contributed by atoms with E-state index in [0.29, 0.717) is 6.61 Å². The standard InChI is InChI=1S/C9H10O2.C4H9N/c1-8(10)11-7-9-5-3-2-4-6-9;1-2-4-5-3-1/h2-6H,7H2,1H3;5H,1-4H2. The summed E-state index contributed by atoms with van der Waals surface area (Å²) in [6.45, 7) is 4.28. The van der Waals surface area contributed by atoms with Crippen LogP contribution in [-0.4, -0.2) is 19.1 Å². The fourth-order valence-electron chi connectivity index (χ4n) is 1.38. The van der Waals surface area contributed by atoms with Crippen LogP contribution in [0.5, 0.6) is 0 Å². The number of nitrogens with one attached hydrogen (secondary N) is 1. The van der Waals surface area contributed by atoms with Crippen LogP contribution < -0.4 is 5.32 Å². The minimum Gasteiger partial charge on any atom is -0.461 e. The summed E-state index contributed by atoms with van der Waals surface area (Å²) in [4.78, 5) is 10.4. The van der Waals surface area contributed by atoms with E-state index < -0.39 is 0 Å².